The highest BCUT2D eigenvalue weighted by atomic mass is 35.5. The van der Waals surface area contributed by atoms with Crippen molar-refractivity contribution in [1.82, 2.24) is 10.9 Å². The van der Waals surface area contributed by atoms with Crippen LogP contribution in [-0.2, 0) is 9.53 Å². The average Bonchev–Trinajstić information content (AvgIpc) is 2.61. The average molecular weight is 405 g/mol. The number of carbonyl (C=O) groups excluding carboxylic acids is 2. The van der Waals surface area contributed by atoms with Crippen molar-refractivity contribution >= 4 is 23.4 Å². The third kappa shape index (κ3) is 4.28. The highest BCUT2D eigenvalue weighted by Crippen LogP contribution is 2.40. The first-order valence-electron chi connectivity index (χ1n) is 8.77. The van der Waals surface area contributed by atoms with Crippen molar-refractivity contribution in [2.24, 2.45) is 0 Å². The smallest absolute Gasteiger partial charge is 0.442 e. The fourth-order valence-electron chi connectivity index (χ4n) is 3.97. The monoisotopic (exact) mass is 404 g/mol. The van der Waals surface area contributed by atoms with Crippen molar-refractivity contribution in [3.05, 3.63) is 34.9 Å². The molecule has 0 amide bonds. The lowest BCUT2D eigenvalue weighted by Crippen LogP contribution is -2.69. The summed E-state index contributed by atoms with van der Waals surface area (Å²) in [6.07, 6.45) is -1.09. The van der Waals surface area contributed by atoms with E-state index < -0.39 is 29.1 Å². The zero-order valence-corrected chi connectivity index (χ0v) is 15.3. The van der Waals surface area contributed by atoms with Crippen LogP contribution in [0.15, 0.2) is 24.3 Å². The number of benzene rings is 1. The lowest BCUT2D eigenvalue weighted by molar-refractivity contribution is -0.213. The van der Waals surface area contributed by atoms with Gasteiger partial charge in [-0.05, 0) is 25.0 Å². The molecule has 9 heteroatoms. The number of rotatable bonds is 3. The summed E-state index contributed by atoms with van der Waals surface area (Å²) in [5.41, 5.74) is 3.47. The lowest BCUT2D eigenvalue weighted by atomic mass is 9.71. The Bertz CT molecular complexity index is 729. The number of halogens is 4. The quantitative estimate of drug-likeness (QED) is 0.595. The first kappa shape index (κ1) is 20.1. The first-order valence-corrected chi connectivity index (χ1v) is 9.14. The van der Waals surface area contributed by atoms with Crippen molar-refractivity contribution in [2.75, 3.05) is 6.54 Å². The van der Waals surface area contributed by atoms with Gasteiger partial charge in [-0.1, -0.05) is 43.0 Å². The molecule has 5 nitrogen and oxygen atoms in total. The molecular formula is C18H20ClF3N2O3. The number of hydrazine groups is 1. The van der Waals surface area contributed by atoms with E-state index >= 15 is 0 Å². The van der Waals surface area contributed by atoms with E-state index in [0.29, 0.717) is 12.8 Å². The van der Waals surface area contributed by atoms with E-state index in [-0.39, 0.29) is 23.6 Å². The van der Waals surface area contributed by atoms with Crippen LogP contribution >= 0.6 is 11.6 Å². The Balaban J connectivity index is 1.98. The third-order valence-electron chi connectivity index (χ3n) is 5.18. The van der Waals surface area contributed by atoms with Crippen molar-refractivity contribution < 1.29 is 27.5 Å². The molecule has 2 N–H and O–H groups in total. The van der Waals surface area contributed by atoms with Gasteiger partial charge in [0.15, 0.2) is 5.60 Å². The number of nitrogens with one attached hydrogen (secondary N) is 2. The van der Waals surface area contributed by atoms with Crippen LogP contribution in [0.25, 0.3) is 0 Å². The van der Waals surface area contributed by atoms with E-state index in [1.54, 1.807) is 6.07 Å². The van der Waals surface area contributed by atoms with Gasteiger partial charge in [-0.25, -0.2) is 4.79 Å². The van der Waals surface area contributed by atoms with Crippen LogP contribution < -0.4 is 10.9 Å². The molecule has 1 aromatic rings. The predicted octanol–water partition coefficient (Wildman–Crippen LogP) is 3.57. The number of carbonyl (C=O) groups is 2. The van der Waals surface area contributed by atoms with Gasteiger partial charge in [-0.3, -0.25) is 15.6 Å². The third-order valence-corrected chi connectivity index (χ3v) is 5.42. The lowest BCUT2D eigenvalue weighted by Gasteiger charge is -2.49. The van der Waals surface area contributed by atoms with Crippen LogP contribution in [0.5, 0.6) is 0 Å². The normalized spacial score (nSPS) is 25.2. The molecule has 1 aliphatic carbocycles. The summed E-state index contributed by atoms with van der Waals surface area (Å²) >= 11 is 5.93. The number of ether oxygens (including phenoxy) is 1. The Morgan fingerprint density at radius 1 is 1.15 bits per heavy atom. The molecule has 1 aromatic carbocycles. The Labute approximate surface area is 159 Å². The number of ketones is 1. The van der Waals surface area contributed by atoms with Gasteiger partial charge in [-0.15, -0.1) is 0 Å². The van der Waals surface area contributed by atoms with Crippen LogP contribution in [0.2, 0.25) is 5.02 Å². The van der Waals surface area contributed by atoms with Gasteiger partial charge in [0, 0.05) is 22.5 Å². The molecule has 1 saturated carbocycles. The molecule has 1 spiro atoms. The summed E-state index contributed by atoms with van der Waals surface area (Å²) < 4.78 is 43.6. The Kier molecular flexibility index (Phi) is 5.52. The summed E-state index contributed by atoms with van der Waals surface area (Å²) in [5.74, 6) is -3.06. The maximum absolute atomic E-state index is 13.2. The van der Waals surface area contributed by atoms with E-state index in [2.05, 4.69) is 10.9 Å². The molecule has 1 heterocycles. The molecule has 1 unspecified atom stereocenters. The highest BCUT2D eigenvalue weighted by Gasteiger charge is 2.55. The summed E-state index contributed by atoms with van der Waals surface area (Å²) in [7, 11) is 0. The Hall–Kier alpha value is -1.64. The van der Waals surface area contributed by atoms with Crippen LogP contribution in [0.1, 0.15) is 48.9 Å². The van der Waals surface area contributed by atoms with E-state index in [0.717, 1.165) is 19.3 Å². The summed E-state index contributed by atoms with van der Waals surface area (Å²) in [5, 5.41) is 0.271. The number of esters is 1. The van der Waals surface area contributed by atoms with Crippen molar-refractivity contribution in [3.63, 3.8) is 0 Å². The van der Waals surface area contributed by atoms with Crippen molar-refractivity contribution in [1.29, 1.82) is 0 Å². The van der Waals surface area contributed by atoms with Crippen LogP contribution in [0, 0.1) is 0 Å². The van der Waals surface area contributed by atoms with Crippen molar-refractivity contribution in [2.45, 2.75) is 55.8 Å². The Morgan fingerprint density at radius 3 is 2.48 bits per heavy atom. The molecule has 0 aromatic heterocycles. The minimum absolute atomic E-state index is 0.0276. The van der Waals surface area contributed by atoms with E-state index in [1.807, 2.05) is 0 Å². The molecule has 2 aliphatic rings. The molecule has 2 fully saturated rings. The van der Waals surface area contributed by atoms with Crippen LogP contribution in [0.4, 0.5) is 13.2 Å². The molecule has 0 bridgehead atoms. The number of hydrogen-bond donors (Lipinski definition) is 2. The minimum atomic E-state index is -5.19. The van der Waals surface area contributed by atoms with Gasteiger partial charge in [0.1, 0.15) is 0 Å². The second kappa shape index (κ2) is 7.41. The van der Waals surface area contributed by atoms with Gasteiger partial charge in [-0.2, -0.15) is 13.2 Å². The SMILES string of the molecule is O=C(OC1(C(=O)c2cccc(Cl)c2)CNNC2(CCCCC2)C1)C(F)(F)F. The second-order valence-corrected chi connectivity index (χ2v) is 7.65. The van der Waals surface area contributed by atoms with E-state index in [1.165, 1.54) is 18.2 Å². The zero-order chi connectivity index (χ0) is 19.7. The molecular weight excluding hydrogens is 385 g/mol. The molecule has 148 valence electrons. The summed E-state index contributed by atoms with van der Waals surface area (Å²) in [4.78, 5) is 24.8. The predicted molar refractivity (Wildman–Crippen MR) is 92.2 cm³/mol. The maximum Gasteiger partial charge on any atom is 0.490 e. The van der Waals surface area contributed by atoms with E-state index in [4.69, 9.17) is 16.3 Å². The van der Waals surface area contributed by atoms with Crippen LogP contribution in [0.3, 0.4) is 0 Å². The largest absolute Gasteiger partial charge is 0.490 e. The van der Waals surface area contributed by atoms with Gasteiger partial charge in [0.2, 0.25) is 5.78 Å². The first-order chi connectivity index (χ1) is 12.7. The molecule has 27 heavy (non-hydrogen) atoms. The van der Waals surface area contributed by atoms with Gasteiger partial charge < -0.3 is 4.74 Å². The molecule has 1 atom stereocenters. The Morgan fingerprint density at radius 2 is 1.85 bits per heavy atom. The number of alkyl halides is 3. The number of hydrogen-bond acceptors (Lipinski definition) is 5. The summed E-state index contributed by atoms with van der Waals surface area (Å²) in [6.45, 7) is -0.262. The second-order valence-electron chi connectivity index (χ2n) is 7.22. The fraction of sp³-hybridized carbons (Fsp3) is 0.556. The fourth-order valence-corrected chi connectivity index (χ4v) is 4.16. The molecule has 0 radical (unpaired) electrons. The number of Topliss-reactive ketones (excluding diaryl/α,β-unsaturated/α-hetero) is 1. The topological polar surface area (TPSA) is 67.4 Å². The highest BCUT2D eigenvalue weighted by molar-refractivity contribution is 6.31. The molecule has 1 aliphatic heterocycles. The van der Waals surface area contributed by atoms with Crippen molar-refractivity contribution in [3.8, 4) is 0 Å². The summed E-state index contributed by atoms with van der Waals surface area (Å²) in [6, 6.07) is 5.89. The maximum atomic E-state index is 13.2. The van der Waals surface area contributed by atoms with Gasteiger partial charge >= 0.3 is 12.1 Å². The molecule has 3 rings (SSSR count). The molecule has 1 saturated heterocycles. The van der Waals surface area contributed by atoms with E-state index in [9.17, 15) is 22.8 Å². The van der Waals surface area contributed by atoms with Gasteiger partial charge in [0.25, 0.3) is 0 Å². The minimum Gasteiger partial charge on any atom is -0.442 e. The zero-order valence-electron chi connectivity index (χ0n) is 14.5. The van der Waals surface area contributed by atoms with Gasteiger partial charge in [0.05, 0.1) is 6.54 Å². The standard InChI is InChI=1S/C18H20ClF3N2O3/c19-13-6-4-5-12(9-13)14(25)17(27-15(26)18(20,21)22)10-16(24-23-11-17)7-2-1-3-8-16/h4-6,9,23-24H,1-3,7-8,10-11H2. The van der Waals surface area contributed by atoms with Crippen LogP contribution in [-0.4, -0.2) is 35.6 Å².